The molecule has 0 radical (unpaired) electrons. The summed E-state index contributed by atoms with van der Waals surface area (Å²) in [5.41, 5.74) is 3.67. The molecule has 0 aliphatic carbocycles. The van der Waals surface area contributed by atoms with Crippen molar-refractivity contribution in [2.45, 2.75) is 13.5 Å². The predicted molar refractivity (Wildman–Crippen MR) is 164 cm³/mol. The lowest BCUT2D eigenvalue weighted by Gasteiger charge is -2.25. The average molecular weight is 623 g/mol. The van der Waals surface area contributed by atoms with Crippen molar-refractivity contribution in [3.63, 3.8) is 0 Å². The number of hydrogen-bond acceptors (Lipinski definition) is 6. The van der Waals surface area contributed by atoms with Crippen LogP contribution < -0.4 is 15.5 Å². The van der Waals surface area contributed by atoms with Crippen LogP contribution in [0.1, 0.15) is 43.8 Å². The lowest BCUT2D eigenvalue weighted by molar-refractivity contribution is -0.117. The fourth-order valence-corrected chi connectivity index (χ4v) is 5.48. The van der Waals surface area contributed by atoms with Crippen LogP contribution in [0, 0.1) is 0 Å². The van der Waals surface area contributed by atoms with Gasteiger partial charge in [-0.25, -0.2) is 4.98 Å². The smallest absolute Gasteiger partial charge is 0.271 e. The van der Waals surface area contributed by atoms with Gasteiger partial charge in [-0.05, 0) is 43.3 Å². The Morgan fingerprint density at radius 3 is 2.16 bits per heavy atom. The van der Waals surface area contributed by atoms with E-state index in [0.29, 0.717) is 49.5 Å². The topological polar surface area (TPSA) is 120 Å². The highest BCUT2D eigenvalue weighted by Gasteiger charge is 2.30. The number of hydrogen-bond donors (Lipinski definition) is 2. The van der Waals surface area contributed by atoms with E-state index < -0.39 is 5.91 Å². The molecule has 0 spiro atoms. The lowest BCUT2D eigenvalue weighted by Crippen LogP contribution is -2.37. The van der Waals surface area contributed by atoms with E-state index in [1.165, 1.54) is 16.1 Å². The van der Waals surface area contributed by atoms with Crippen LogP contribution in [0.15, 0.2) is 66.8 Å². The van der Waals surface area contributed by atoms with Gasteiger partial charge in [0.05, 0.1) is 47.0 Å². The number of halogens is 2. The van der Waals surface area contributed by atoms with Crippen molar-refractivity contribution in [3.8, 4) is 5.69 Å². The second-order valence-corrected chi connectivity index (χ2v) is 11.1. The van der Waals surface area contributed by atoms with Crippen LogP contribution in [0.3, 0.4) is 0 Å². The lowest BCUT2D eigenvalue weighted by atomic mass is 10.1. The molecule has 1 aromatic heterocycles. The van der Waals surface area contributed by atoms with Gasteiger partial charge in [0.2, 0.25) is 5.91 Å². The number of anilines is 1. The predicted octanol–water partition coefficient (Wildman–Crippen LogP) is 3.62. The van der Waals surface area contributed by atoms with Gasteiger partial charge in [-0.1, -0.05) is 29.8 Å². The largest absolute Gasteiger partial charge is 0.350 e. The Kier molecular flexibility index (Phi) is 8.30. The summed E-state index contributed by atoms with van der Waals surface area (Å²) < 4.78 is 1.71. The van der Waals surface area contributed by atoms with Gasteiger partial charge in [0, 0.05) is 49.0 Å². The summed E-state index contributed by atoms with van der Waals surface area (Å²) in [6, 6.07) is 9.98. The first-order valence-corrected chi connectivity index (χ1v) is 14.1. The van der Waals surface area contributed by atoms with Crippen molar-refractivity contribution < 1.29 is 19.2 Å². The molecule has 2 N–H and O–H groups in total. The van der Waals surface area contributed by atoms with E-state index in [-0.39, 0.29) is 49.6 Å². The van der Waals surface area contributed by atoms with Crippen LogP contribution in [0.2, 0.25) is 10.0 Å². The Hall–Kier alpha value is -4.61. The highest BCUT2D eigenvalue weighted by Crippen LogP contribution is 2.33. The number of amides is 4. The third-order valence-corrected chi connectivity index (χ3v) is 7.86. The van der Waals surface area contributed by atoms with Gasteiger partial charge in [0.25, 0.3) is 17.7 Å². The normalized spacial score (nSPS) is 15.6. The third-order valence-electron chi connectivity index (χ3n) is 7.39. The molecule has 3 aromatic rings. The van der Waals surface area contributed by atoms with Crippen molar-refractivity contribution >= 4 is 52.5 Å². The van der Waals surface area contributed by atoms with E-state index in [2.05, 4.69) is 22.2 Å². The number of fused-ring (bicyclic) bond motifs is 4. The van der Waals surface area contributed by atoms with Crippen LogP contribution in [-0.2, 0) is 11.3 Å². The summed E-state index contributed by atoms with van der Waals surface area (Å²) in [4.78, 5) is 61.2. The fourth-order valence-electron chi connectivity index (χ4n) is 5.13. The molecule has 0 bridgehead atoms. The number of benzene rings is 2. The highest BCUT2D eigenvalue weighted by atomic mass is 35.5. The molecule has 0 unspecified atom stereocenters. The van der Waals surface area contributed by atoms with Gasteiger partial charge in [0.15, 0.2) is 5.69 Å². The van der Waals surface area contributed by atoms with Crippen LogP contribution >= 0.6 is 23.2 Å². The molecule has 43 heavy (non-hydrogen) atoms. The first-order valence-electron chi connectivity index (χ1n) is 13.4. The number of carbonyl (C=O) groups is 4. The maximum atomic E-state index is 13.2. The monoisotopic (exact) mass is 621 g/mol. The number of rotatable bonds is 6. The van der Waals surface area contributed by atoms with E-state index in [0.717, 1.165) is 0 Å². The van der Waals surface area contributed by atoms with Gasteiger partial charge in [-0.3, -0.25) is 23.7 Å². The summed E-state index contributed by atoms with van der Waals surface area (Å²) in [5.74, 6) is -1.24. The van der Waals surface area contributed by atoms with Gasteiger partial charge in [-0.15, -0.1) is 0 Å². The first kappa shape index (κ1) is 29.9. The Morgan fingerprint density at radius 1 is 0.930 bits per heavy atom. The molecule has 0 saturated carbocycles. The van der Waals surface area contributed by atoms with Gasteiger partial charge >= 0.3 is 0 Å². The Balaban J connectivity index is 1.27. The van der Waals surface area contributed by atoms with Gasteiger partial charge in [-0.2, -0.15) is 0 Å². The van der Waals surface area contributed by atoms with Crippen LogP contribution in [0.5, 0.6) is 0 Å². The summed E-state index contributed by atoms with van der Waals surface area (Å²) >= 11 is 12.3. The molecule has 222 valence electrons. The number of imidazole rings is 1. The van der Waals surface area contributed by atoms with E-state index >= 15 is 0 Å². The van der Waals surface area contributed by atoms with Crippen molar-refractivity contribution in [2.24, 2.45) is 0 Å². The molecular weight excluding hydrogens is 593 g/mol. The summed E-state index contributed by atoms with van der Waals surface area (Å²) in [5, 5.41) is 6.47. The standard InChI is InChI=1S/C30H29Cl2N7O4/c1-5-38-22-8-6-18(31)12-20(22)29(42)36(3)14-24(38)17(2)27(40)33-10-11-34-28(41)26-25-15-37(4)30(43)21-13-19(32)7-9-23(21)39(25)16-35-26/h5-9,12-13,16H,1,10-11,14-15H2,2-4H3,(H,33,40)(H,34,41)/b24-17+. The maximum absolute atomic E-state index is 13.2. The van der Waals surface area contributed by atoms with Crippen LogP contribution in [0.25, 0.3) is 5.69 Å². The zero-order valence-corrected chi connectivity index (χ0v) is 25.3. The number of likely N-dealkylation sites (N-methyl/N-ethyl adjacent to an activating group) is 1. The molecule has 11 nitrogen and oxygen atoms in total. The SMILES string of the molecule is C=CN1/C(=C(\C)C(=O)NCCNC(=O)c2ncn3c2CN(C)C(=O)c2cc(Cl)ccc2-3)CN(C)C(=O)c2cc(Cl)ccc21. The Bertz CT molecular complexity index is 1710. The molecule has 0 atom stereocenters. The molecule has 13 heteroatoms. The second kappa shape index (κ2) is 11.9. The maximum Gasteiger partial charge on any atom is 0.271 e. The van der Waals surface area contributed by atoms with Crippen molar-refractivity contribution in [2.75, 3.05) is 38.6 Å². The van der Waals surface area contributed by atoms with E-state index in [1.807, 2.05) is 0 Å². The summed E-state index contributed by atoms with van der Waals surface area (Å²) in [6.45, 7) is 6.16. The fraction of sp³-hybridized carbons (Fsp3) is 0.233. The molecule has 4 amide bonds. The number of carbonyl (C=O) groups excluding carboxylic acids is 4. The quantitative estimate of drug-likeness (QED) is 0.320. The highest BCUT2D eigenvalue weighted by molar-refractivity contribution is 6.31. The van der Waals surface area contributed by atoms with Crippen LogP contribution in [0.4, 0.5) is 5.69 Å². The minimum absolute atomic E-state index is 0.130. The molecule has 5 rings (SSSR count). The third kappa shape index (κ3) is 5.61. The first-order chi connectivity index (χ1) is 20.5. The molecule has 2 aliphatic rings. The molecule has 0 saturated heterocycles. The summed E-state index contributed by atoms with van der Waals surface area (Å²) in [7, 11) is 3.30. The molecular formula is C30H29Cl2N7O4. The minimum Gasteiger partial charge on any atom is -0.350 e. The second-order valence-electron chi connectivity index (χ2n) is 10.2. The van der Waals surface area contributed by atoms with Gasteiger partial charge < -0.3 is 25.3 Å². The molecule has 3 heterocycles. The molecule has 0 fully saturated rings. The average Bonchev–Trinajstić information content (AvgIpc) is 3.32. The van der Waals surface area contributed by atoms with Gasteiger partial charge in [0.1, 0.15) is 6.33 Å². The zero-order valence-electron chi connectivity index (χ0n) is 23.8. The zero-order chi connectivity index (χ0) is 31.0. The van der Waals surface area contributed by atoms with E-state index in [1.54, 1.807) is 73.1 Å². The van der Waals surface area contributed by atoms with Crippen LogP contribution in [-0.4, -0.2) is 76.7 Å². The number of nitrogens with one attached hydrogen (secondary N) is 2. The number of nitrogens with zero attached hydrogens (tertiary/aromatic N) is 5. The number of aromatic nitrogens is 2. The summed E-state index contributed by atoms with van der Waals surface area (Å²) in [6.07, 6.45) is 3.06. The van der Waals surface area contributed by atoms with Crippen molar-refractivity contribution in [1.29, 1.82) is 0 Å². The Labute approximate surface area is 258 Å². The van der Waals surface area contributed by atoms with Crippen molar-refractivity contribution in [3.05, 3.63) is 99.3 Å². The van der Waals surface area contributed by atoms with E-state index in [4.69, 9.17) is 23.2 Å². The van der Waals surface area contributed by atoms with E-state index in [9.17, 15) is 19.2 Å². The molecule has 2 aromatic carbocycles. The molecule has 2 aliphatic heterocycles. The van der Waals surface area contributed by atoms with Crippen molar-refractivity contribution in [1.82, 2.24) is 30.0 Å². The Morgan fingerprint density at radius 2 is 1.51 bits per heavy atom. The minimum atomic E-state index is -0.437.